The number of aromatic nitrogens is 3. The number of benzene rings is 2. The molecule has 37 heavy (non-hydrogen) atoms. The van der Waals surface area contributed by atoms with E-state index in [9.17, 15) is 4.79 Å². The second-order valence-corrected chi connectivity index (χ2v) is 8.96. The van der Waals surface area contributed by atoms with Gasteiger partial charge in [0.15, 0.2) is 0 Å². The predicted molar refractivity (Wildman–Crippen MR) is 142 cm³/mol. The summed E-state index contributed by atoms with van der Waals surface area (Å²) in [4.78, 5) is 22.5. The summed E-state index contributed by atoms with van der Waals surface area (Å²) in [5.74, 6) is 1.13. The van der Waals surface area contributed by atoms with Crippen molar-refractivity contribution < 1.29 is 14.3 Å². The van der Waals surface area contributed by atoms with E-state index in [1.54, 1.807) is 24.7 Å². The van der Waals surface area contributed by atoms with Crippen LogP contribution in [0.1, 0.15) is 39.0 Å². The van der Waals surface area contributed by atoms with Crippen LogP contribution >= 0.6 is 0 Å². The van der Waals surface area contributed by atoms with Crippen molar-refractivity contribution in [2.24, 2.45) is 4.99 Å². The fourth-order valence-corrected chi connectivity index (χ4v) is 4.09. The Morgan fingerprint density at radius 3 is 2.59 bits per heavy atom. The number of fused-ring (bicyclic) bond motifs is 1. The normalized spacial score (nSPS) is 14.3. The Bertz CT molecular complexity index is 1440. The summed E-state index contributed by atoms with van der Waals surface area (Å²) in [6, 6.07) is 17.1. The fourth-order valence-electron chi connectivity index (χ4n) is 4.09. The number of pyridine rings is 1. The molecule has 5 rings (SSSR count). The van der Waals surface area contributed by atoms with Gasteiger partial charge in [-0.05, 0) is 67.4 Å². The zero-order valence-electron chi connectivity index (χ0n) is 21.2. The number of ether oxygens (including phenoxy) is 2. The van der Waals surface area contributed by atoms with Gasteiger partial charge in [0.05, 0.1) is 38.0 Å². The number of nitrogens with one attached hydrogen (secondary N) is 1. The van der Waals surface area contributed by atoms with Gasteiger partial charge in [0.2, 0.25) is 0 Å². The lowest BCUT2D eigenvalue weighted by molar-refractivity contribution is 0.0600. The van der Waals surface area contributed by atoms with Crippen LogP contribution in [0.4, 0.5) is 11.4 Å². The molecule has 0 saturated heterocycles. The molecule has 0 fully saturated rings. The minimum Gasteiger partial charge on any atom is -0.465 e. The lowest BCUT2D eigenvalue weighted by Gasteiger charge is -2.29. The average molecular weight is 497 g/mol. The lowest BCUT2D eigenvalue weighted by Crippen LogP contribution is -2.31. The van der Waals surface area contributed by atoms with Crippen LogP contribution < -0.4 is 10.1 Å². The minimum atomic E-state index is -0.352. The summed E-state index contributed by atoms with van der Waals surface area (Å²) in [7, 11) is 3.34. The van der Waals surface area contributed by atoms with Crippen molar-refractivity contribution in [2.45, 2.75) is 26.6 Å². The molecule has 1 atom stereocenters. The number of methoxy groups -OCH3 is 1. The van der Waals surface area contributed by atoms with Gasteiger partial charge in [-0.1, -0.05) is 12.1 Å². The van der Waals surface area contributed by atoms with Crippen LogP contribution in [0.15, 0.2) is 72.0 Å². The largest absolute Gasteiger partial charge is 0.465 e. The molecule has 1 unspecified atom stereocenters. The van der Waals surface area contributed by atoms with E-state index in [1.165, 1.54) is 7.11 Å². The molecule has 0 radical (unpaired) electrons. The first-order valence-electron chi connectivity index (χ1n) is 11.9. The van der Waals surface area contributed by atoms with E-state index < -0.39 is 0 Å². The Hall–Kier alpha value is -4.66. The molecule has 2 aromatic heterocycles. The standard InChI is InChI=1S/C28H28N6O3/c1-18-13-22(10-12-25(18)37-23-11-5-19(2)29-14-23)31-27-26-24(30-17-33(27)3)16-34(32-26)15-20-6-8-21(9-7-20)28(35)36-4/h5-14,16-17,27,31H,15H2,1-4H3. The number of nitrogens with zero attached hydrogens (tertiary/aromatic N) is 5. The van der Waals surface area contributed by atoms with Crippen molar-refractivity contribution in [3.05, 3.63) is 95.1 Å². The molecule has 3 heterocycles. The van der Waals surface area contributed by atoms with E-state index in [-0.39, 0.29) is 12.1 Å². The first-order valence-corrected chi connectivity index (χ1v) is 11.9. The van der Waals surface area contributed by atoms with Crippen LogP contribution in [-0.4, -0.2) is 46.1 Å². The summed E-state index contributed by atoms with van der Waals surface area (Å²) >= 11 is 0. The maximum Gasteiger partial charge on any atom is 0.337 e. The Kier molecular flexibility index (Phi) is 6.59. The van der Waals surface area contributed by atoms with E-state index >= 15 is 0 Å². The van der Waals surface area contributed by atoms with E-state index in [1.807, 2.05) is 73.1 Å². The zero-order chi connectivity index (χ0) is 25.9. The van der Waals surface area contributed by atoms with Crippen molar-refractivity contribution in [3.63, 3.8) is 0 Å². The molecule has 0 aliphatic carbocycles. The molecule has 0 saturated carbocycles. The second kappa shape index (κ2) is 10.1. The molecule has 1 aliphatic heterocycles. The number of carbonyl (C=O) groups is 1. The zero-order valence-corrected chi connectivity index (χ0v) is 21.2. The van der Waals surface area contributed by atoms with Gasteiger partial charge < -0.3 is 19.7 Å². The summed E-state index contributed by atoms with van der Waals surface area (Å²) in [6.07, 6.45) is 5.26. The summed E-state index contributed by atoms with van der Waals surface area (Å²) in [5, 5.41) is 8.40. The van der Waals surface area contributed by atoms with Gasteiger partial charge in [-0.25, -0.2) is 9.79 Å². The van der Waals surface area contributed by atoms with Gasteiger partial charge in [-0.2, -0.15) is 5.10 Å². The van der Waals surface area contributed by atoms with Gasteiger partial charge >= 0.3 is 5.97 Å². The number of rotatable bonds is 7. The van der Waals surface area contributed by atoms with E-state index in [0.29, 0.717) is 17.9 Å². The molecule has 9 nitrogen and oxygen atoms in total. The highest BCUT2D eigenvalue weighted by atomic mass is 16.5. The number of carbonyl (C=O) groups excluding carboxylic acids is 1. The highest BCUT2D eigenvalue weighted by molar-refractivity contribution is 5.89. The molecule has 9 heteroatoms. The third kappa shape index (κ3) is 5.30. The maximum atomic E-state index is 11.7. The molecular formula is C28H28N6O3. The molecule has 0 amide bonds. The van der Waals surface area contributed by atoms with Crippen LogP contribution in [-0.2, 0) is 11.3 Å². The SMILES string of the molecule is COC(=O)c1ccc(Cn2cc3c(n2)C(Nc2ccc(Oc4ccc(C)nc4)c(C)c2)N(C)C=N3)cc1. The number of hydrogen-bond donors (Lipinski definition) is 1. The van der Waals surface area contributed by atoms with Crippen LogP contribution in [0.2, 0.25) is 0 Å². The number of aryl methyl sites for hydroxylation is 2. The first-order chi connectivity index (χ1) is 17.9. The lowest BCUT2D eigenvalue weighted by atomic mass is 10.1. The number of anilines is 1. The van der Waals surface area contributed by atoms with Crippen LogP contribution in [0.5, 0.6) is 11.5 Å². The van der Waals surface area contributed by atoms with Crippen molar-refractivity contribution in [2.75, 3.05) is 19.5 Å². The van der Waals surface area contributed by atoms with E-state index in [2.05, 4.69) is 21.4 Å². The van der Waals surface area contributed by atoms with Crippen LogP contribution in [0.3, 0.4) is 0 Å². The highest BCUT2D eigenvalue weighted by Gasteiger charge is 2.26. The average Bonchev–Trinajstić information content (AvgIpc) is 3.31. The highest BCUT2D eigenvalue weighted by Crippen LogP contribution is 2.34. The number of esters is 1. The van der Waals surface area contributed by atoms with Crippen LogP contribution in [0, 0.1) is 13.8 Å². The molecule has 1 N–H and O–H groups in total. The van der Waals surface area contributed by atoms with Gasteiger partial charge in [-0.15, -0.1) is 0 Å². The molecular weight excluding hydrogens is 468 g/mol. The Morgan fingerprint density at radius 2 is 1.89 bits per heavy atom. The van der Waals surface area contributed by atoms with E-state index in [4.69, 9.17) is 14.6 Å². The van der Waals surface area contributed by atoms with Crippen molar-refractivity contribution in [3.8, 4) is 11.5 Å². The Balaban J connectivity index is 1.31. The van der Waals surface area contributed by atoms with Crippen molar-refractivity contribution in [1.82, 2.24) is 19.7 Å². The quantitative estimate of drug-likeness (QED) is 0.350. The second-order valence-electron chi connectivity index (χ2n) is 8.96. The third-order valence-electron chi connectivity index (χ3n) is 6.13. The van der Waals surface area contributed by atoms with Crippen molar-refractivity contribution in [1.29, 1.82) is 0 Å². The maximum absolute atomic E-state index is 11.7. The Morgan fingerprint density at radius 1 is 1.08 bits per heavy atom. The molecule has 1 aliphatic rings. The van der Waals surface area contributed by atoms with Crippen molar-refractivity contribution >= 4 is 23.7 Å². The first kappa shape index (κ1) is 24.1. The number of aliphatic imine (C=N–C) groups is 1. The van der Waals surface area contributed by atoms with Crippen LogP contribution in [0.25, 0.3) is 0 Å². The molecule has 188 valence electrons. The molecule has 0 bridgehead atoms. The summed E-state index contributed by atoms with van der Waals surface area (Å²) < 4.78 is 12.6. The topological polar surface area (TPSA) is 93.9 Å². The summed E-state index contributed by atoms with van der Waals surface area (Å²) in [5.41, 5.74) is 6.07. The van der Waals surface area contributed by atoms with Gasteiger partial charge in [0, 0.05) is 18.4 Å². The molecule has 2 aromatic carbocycles. The molecule has 0 spiro atoms. The minimum absolute atomic E-state index is 0.192. The summed E-state index contributed by atoms with van der Waals surface area (Å²) in [6.45, 7) is 4.51. The smallest absolute Gasteiger partial charge is 0.337 e. The van der Waals surface area contributed by atoms with Gasteiger partial charge in [0.1, 0.15) is 29.0 Å². The fraction of sp³-hybridized carbons (Fsp3) is 0.214. The van der Waals surface area contributed by atoms with Gasteiger partial charge in [-0.3, -0.25) is 9.67 Å². The number of hydrogen-bond acceptors (Lipinski definition) is 8. The van der Waals surface area contributed by atoms with Gasteiger partial charge in [0.25, 0.3) is 0 Å². The monoisotopic (exact) mass is 496 g/mol. The third-order valence-corrected chi connectivity index (χ3v) is 6.13. The Labute approximate surface area is 215 Å². The predicted octanol–water partition coefficient (Wildman–Crippen LogP) is 5.24. The molecule has 4 aromatic rings. The van der Waals surface area contributed by atoms with E-state index in [0.717, 1.165) is 39.6 Å².